The maximum atomic E-state index is 6.16. The number of nitrogens with one attached hydrogen (secondary N) is 1. The Morgan fingerprint density at radius 2 is 2.05 bits per heavy atom. The van der Waals surface area contributed by atoms with Gasteiger partial charge in [0.1, 0.15) is 0 Å². The van der Waals surface area contributed by atoms with Crippen molar-refractivity contribution in [2.45, 2.75) is 51.1 Å². The van der Waals surface area contributed by atoms with Crippen LogP contribution in [0.5, 0.6) is 0 Å². The van der Waals surface area contributed by atoms with E-state index in [4.69, 9.17) is 11.6 Å². The number of nitrogens with zero attached hydrogens (tertiary/aromatic N) is 1. The molecular weight excluding hydrogens is 348 g/mol. The maximum Gasteiger partial charge on any atom is 0.0549 e. The number of hydrogen-bond acceptors (Lipinski definition) is 2. The van der Waals surface area contributed by atoms with Crippen LogP contribution in [0.3, 0.4) is 0 Å². The van der Waals surface area contributed by atoms with Gasteiger partial charge in [-0.2, -0.15) is 0 Å². The molecule has 1 N–H and O–H groups in total. The first kappa shape index (κ1) is 15.6. The molecule has 0 amide bonds. The largest absolute Gasteiger partial charge is 0.365 e. The van der Waals surface area contributed by atoms with Crippen LogP contribution in [-0.4, -0.2) is 24.7 Å². The average Bonchev–Trinajstić information content (AvgIpc) is 2.89. The molecule has 0 bridgehead atoms. The van der Waals surface area contributed by atoms with Crippen LogP contribution in [0.1, 0.15) is 39.5 Å². The molecule has 1 aliphatic heterocycles. The van der Waals surface area contributed by atoms with E-state index in [0.717, 1.165) is 22.6 Å². The Morgan fingerprint density at radius 3 is 2.67 bits per heavy atom. The van der Waals surface area contributed by atoms with Crippen LogP contribution in [0.4, 0.5) is 5.69 Å². The van der Waals surface area contributed by atoms with Gasteiger partial charge in [0.15, 0.2) is 0 Å². The van der Waals surface area contributed by atoms with Crippen molar-refractivity contribution in [3.63, 3.8) is 0 Å². The van der Waals surface area contributed by atoms with Crippen molar-refractivity contribution in [2.75, 3.05) is 18.0 Å². The zero-order valence-electron chi connectivity index (χ0n) is 12.8. The lowest BCUT2D eigenvalue weighted by Gasteiger charge is -2.49. The third kappa shape index (κ3) is 3.11. The van der Waals surface area contributed by atoms with E-state index in [0.29, 0.717) is 17.5 Å². The number of rotatable bonds is 2. The van der Waals surface area contributed by atoms with Gasteiger partial charge in [-0.3, -0.25) is 0 Å². The minimum absolute atomic E-state index is 0.331. The third-order valence-electron chi connectivity index (χ3n) is 5.12. The van der Waals surface area contributed by atoms with E-state index in [9.17, 15) is 0 Å². The quantitative estimate of drug-likeness (QED) is 0.799. The molecule has 1 aromatic rings. The highest BCUT2D eigenvalue weighted by Crippen LogP contribution is 2.37. The molecular formula is C17H24BrClN2. The van der Waals surface area contributed by atoms with Crippen LogP contribution in [-0.2, 0) is 0 Å². The van der Waals surface area contributed by atoms with Crippen LogP contribution in [0.15, 0.2) is 22.7 Å². The second-order valence-corrected chi connectivity index (χ2v) is 8.17. The van der Waals surface area contributed by atoms with Crippen molar-refractivity contribution in [2.24, 2.45) is 5.92 Å². The van der Waals surface area contributed by atoms with E-state index in [2.05, 4.69) is 52.1 Å². The van der Waals surface area contributed by atoms with Crippen LogP contribution in [0, 0.1) is 5.92 Å². The number of piperazine rings is 1. The Kier molecular flexibility index (Phi) is 4.54. The third-order valence-corrected chi connectivity index (χ3v) is 6.34. The Hall–Kier alpha value is -0.250. The molecule has 1 saturated heterocycles. The first-order valence-electron chi connectivity index (χ1n) is 7.97. The second-order valence-electron chi connectivity index (χ2n) is 6.91. The molecule has 1 unspecified atom stereocenters. The van der Waals surface area contributed by atoms with Crippen molar-refractivity contribution in [1.29, 1.82) is 0 Å². The molecule has 1 saturated carbocycles. The van der Waals surface area contributed by atoms with Gasteiger partial charge < -0.3 is 10.2 Å². The van der Waals surface area contributed by atoms with Crippen molar-refractivity contribution in [1.82, 2.24) is 5.32 Å². The van der Waals surface area contributed by atoms with Gasteiger partial charge in [0.05, 0.1) is 5.02 Å². The monoisotopic (exact) mass is 370 g/mol. The van der Waals surface area contributed by atoms with Crippen LogP contribution >= 0.6 is 27.5 Å². The van der Waals surface area contributed by atoms with E-state index < -0.39 is 0 Å². The fourth-order valence-corrected chi connectivity index (χ4v) is 4.34. The molecule has 2 aliphatic rings. The fraction of sp³-hybridized carbons (Fsp3) is 0.647. The van der Waals surface area contributed by atoms with E-state index in [1.165, 1.54) is 31.4 Å². The number of benzene rings is 1. The minimum atomic E-state index is 0.331. The highest BCUT2D eigenvalue weighted by atomic mass is 79.9. The molecule has 1 aromatic carbocycles. The topological polar surface area (TPSA) is 15.3 Å². The molecule has 1 aliphatic carbocycles. The zero-order chi connectivity index (χ0) is 15.0. The summed E-state index contributed by atoms with van der Waals surface area (Å²) in [6, 6.07) is 6.88. The summed E-state index contributed by atoms with van der Waals surface area (Å²) >= 11 is 9.73. The summed E-state index contributed by atoms with van der Waals surface area (Å²) in [5.74, 6) is 0.630. The lowest BCUT2D eigenvalue weighted by molar-refractivity contribution is 0.245. The SMILES string of the molecule is CC(C)C1CNC2(CCCC2)CN1c1ccc(Cl)c(Br)c1. The Morgan fingerprint density at radius 1 is 1.33 bits per heavy atom. The summed E-state index contributed by atoms with van der Waals surface area (Å²) in [6.07, 6.45) is 5.33. The van der Waals surface area contributed by atoms with Gasteiger partial charge in [-0.15, -0.1) is 0 Å². The second kappa shape index (κ2) is 6.10. The van der Waals surface area contributed by atoms with Gasteiger partial charge in [-0.25, -0.2) is 0 Å². The highest BCUT2D eigenvalue weighted by Gasteiger charge is 2.41. The summed E-state index contributed by atoms with van der Waals surface area (Å²) in [7, 11) is 0. The van der Waals surface area contributed by atoms with Crippen molar-refractivity contribution < 1.29 is 0 Å². The normalized spacial score (nSPS) is 25.0. The van der Waals surface area contributed by atoms with E-state index in [1.807, 2.05) is 6.07 Å². The van der Waals surface area contributed by atoms with Gasteiger partial charge in [0.2, 0.25) is 0 Å². The van der Waals surface area contributed by atoms with E-state index in [1.54, 1.807) is 0 Å². The molecule has 21 heavy (non-hydrogen) atoms. The zero-order valence-corrected chi connectivity index (χ0v) is 15.2. The smallest absolute Gasteiger partial charge is 0.0549 e. The van der Waals surface area contributed by atoms with Gasteiger partial charge in [0, 0.05) is 34.8 Å². The highest BCUT2D eigenvalue weighted by molar-refractivity contribution is 9.10. The van der Waals surface area contributed by atoms with Gasteiger partial charge in [0.25, 0.3) is 0 Å². The Balaban J connectivity index is 1.91. The van der Waals surface area contributed by atoms with Gasteiger partial charge in [-0.1, -0.05) is 38.3 Å². The van der Waals surface area contributed by atoms with Gasteiger partial charge >= 0.3 is 0 Å². The predicted octanol–water partition coefficient (Wildman–Crippen LogP) is 4.85. The molecule has 3 rings (SSSR count). The molecule has 2 fully saturated rings. The Bertz CT molecular complexity index is 512. The van der Waals surface area contributed by atoms with Gasteiger partial charge in [-0.05, 0) is 52.9 Å². The standard InChI is InChI=1S/C17H24BrClN2/c1-12(2)16-10-20-17(7-3-4-8-17)11-21(16)13-5-6-15(19)14(18)9-13/h5-6,9,12,16,20H,3-4,7-8,10-11H2,1-2H3. The first-order valence-corrected chi connectivity index (χ1v) is 9.15. The predicted molar refractivity (Wildman–Crippen MR) is 94.3 cm³/mol. The summed E-state index contributed by atoms with van der Waals surface area (Å²) in [5, 5.41) is 4.66. The molecule has 1 atom stereocenters. The number of hydrogen-bond donors (Lipinski definition) is 1. The van der Waals surface area contributed by atoms with Crippen LogP contribution < -0.4 is 10.2 Å². The lowest BCUT2D eigenvalue weighted by Crippen LogP contribution is -2.64. The first-order chi connectivity index (χ1) is 10.0. The van der Waals surface area contributed by atoms with E-state index in [-0.39, 0.29) is 0 Å². The van der Waals surface area contributed by atoms with Crippen LogP contribution in [0.2, 0.25) is 5.02 Å². The molecule has 1 spiro atoms. The summed E-state index contributed by atoms with van der Waals surface area (Å²) in [5.41, 5.74) is 1.62. The molecule has 116 valence electrons. The maximum absolute atomic E-state index is 6.16. The Labute approximate surface area is 141 Å². The summed E-state index contributed by atoms with van der Waals surface area (Å²) in [4.78, 5) is 2.60. The fourth-order valence-electron chi connectivity index (χ4n) is 3.86. The minimum Gasteiger partial charge on any atom is -0.365 e. The van der Waals surface area contributed by atoms with Crippen molar-refractivity contribution in [3.8, 4) is 0 Å². The molecule has 1 heterocycles. The average molecular weight is 372 g/mol. The summed E-state index contributed by atoms with van der Waals surface area (Å²) < 4.78 is 0.989. The van der Waals surface area contributed by atoms with Crippen molar-refractivity contribution >= 4 is 33.2 Å². The summed E-state index contributed by atoms with van der Waals surface area (Å²) in [6.45, 7) is 6.83. The van der Waals surface area contributed by atoms with Crippen LogP contribution in [0.25, 0.3) is 0 Å². The lowest BCUT2D eigenvalue weighted by atomic mass is 9.88. The number of anilines is 1. The molecule has 2 nitrogen and oxygen atoms in total. The number of halogens is 2. The molecule has 4 heteroatoms. The van der Waals surface area contributed by atoms with Crippen molar-refractivity contribution in [3.05, 3.63) is 27.7 Å². The molecule has 0 aromatic heterocycles. The van der Waals surface area contributed by atoms with E-state index >= 15 is 0 Å². The molecule has 0 radical (unpaired) electrons.